The Hall–Kier alpha value is -1.91. The van der Waals surface area contributed by atoms with Crippen molar-refractivity contribution in [1.82, 2.24) is 25.1 Å². The Morgan fingerprint density at radius 2 is 1.71 bits per heavy atom. The van der Waals surface area contributed by atoms with Gasteiger partial charge in [0.15, 0.2) is 5.65 Å². The van der Waals surface area contributed by atoms with E-state index in [0.717, 1.165) is 65.2 Å². The average molecular weight is 550 g/mol. The number of aromatic nitrogens is 4. The summed E-state index contributed by atoms with van der Waals surface area (Å²) in [5, 5.41) is 11.7. The molecule has 2 N–H and O–H groups in total. The number of fused-ring (bicyclic) bond motifs is 1. The number of benzene rings is 1. The van der Waals surface area contributed by atoms with Crippen molar-refractivity contribution >= 4 is 60.1 Å². The van der Waals surface area contributed by atoms with Crippen LogP contribution in [0, 0.1) is 0 Å². The third kappa shape index (κ3) is 4.65. The van der Waals surface area contributed by atoms with Gasteiger partial charge in [-0.15, -0.1) is 0 Å². The van der Waals surface area contributed by atoms with E-state index in [1.807, 2.05) is 0 Å². The van der Waals surface area contributed by atoms with E-state index in [9.17, 15) is 0 Å². The molecule has 0 spiro atoms. The Labute approximate surface area is 198 Å². The number of hydrogen-bond donors (Lipinski definition) is 2. The lowest BCUT2D eigenvalue weighted by molar-refractivity contribution is 0.352. The molecular formula is C21H26Br2N8. The molecule has 0 radical (unpaired) electrons. The number of piperazine rings is 1. The molecule has 8 nitrogen and oxygen atoms in total. The van der Waals surface area contributed by atoms with Gasteiger partial charge in [-0.2, -0.15) is 5.10 Å². The van der Waals surface area contributed by atoms with Crippen LogP contribution >= 0.6 is 31.9 Å². The van der Waals surface area contributed by atoms with Gasteiger partial charge in [0.25, 0.3) is 0 Å². The Kier molecular flexibility index (Phi) is 6.29. The molecule has 2 aromatic heterocycles. The highest BCUT2D eigenvalue weighted by molar-refractivity contribution is 9.10. The maximum atomic E-state index is 4.54. The van der Waals surface area contributed by atoms with Crippen molar-refractivity contribution in [3.63, 3.8) is 0 Å². The minimum atomic E-state index is 0.760. The molecule has 0 aliphatic carbocycles. The quantitative estimate of drug-likeness (QED) is 0.485. The van der Waals surface area contributed by atoms with Crippen LogP contribution in [0.1, 0.15) is 12.8 Å². The summed E-state index contributed by atoms with van der Waals surface area (Å²) in [6.07, 6.45) is 4.28. The lowest BCUT2D eigenvalue weighted by atomic mass is 10.2. The van der Waals surface area contributed by atoms with Crippen LogP contribution in [-0.4, -0.2) is 77.4 Å². The zero-order valence-corrected chi connectivity index (χ0v) is 20.5. The van der Waals surface area contributed by atoms with E-state index in [0.29, 0.717) is 0 Å². The number of likely N-dealkylation sites (tertiary alicyclic amines) is 1. The maximum absolute atomic E-state index is 4.54. The van der Waals surface area contributed by atoms with Crippen molar-refractivity contribution in [3.8, 4) is 0 Å². The van der Waals surface area contributed by atoms with E-state index < -0.39 is 0 Å². The molecule has 2 aliphatic rings. The summed E-state index contributed by atoms with van der Waals surface area (Å²) < 4.78 is 1.87. The SMILES string of the molecule is Brc1cc(NCCN2CCCC2)cc(N2CCN(c3ncnc4[nH]nc(Br)c34)CC2)c1. The molecule has 2 saturated heterocycles. The molecular weight excluding hydrogens is 524 g/mol. The third-order valence-corrected chi connectivity index (χ3v) is 7.11. The second-order valence-corrected chi connectivity index (χ2v) is 9.75. The second kappa shape index (κ2) is 9.30. The molecule has 4 heterocycles. The van der Waals surface area contributed by atoms with E-state index in [-0.39, 0.29) is 0 Å². The van der Waals surface area contributed by atoms with Gasteiger partial charge in [0.1, 0.15) is 16.7 Å². The molecule has 0 amide bonds. The van der Waals surface area contributed by atoms with Gasteiger partial charge in [-0.1, -0.05) is 15.9 Å². The minimum absolute atomic E-state index is 0.760. The maximum Gasteiger partial charge on any atom is 0.161 e. The topological polar surface area (TPSA) is 76.2 Å². The van der Waals surface area contributed by atoms with Gasteiger partial charge in [-0.3, -0.25) is 5.10 Å². The van der Waals surface area contributed by atoms with Gasteiger partial charge in [-0.25, -0.2) is 9.97 Å². The number of H-pyrrole nitrogens is 1. The molecule has 2 aliphatic heterocycles. The fraction of sp³-hybridized carbons (Fsp3) is 0.476. The fourth-order valence-corrected chi connectivity index (χ4v) is 5.38. The Bertz CT molecular complexity index is 1040. The number of hydrogen-bond acceptors (Lipinski definition) is 7. The van der Waals surface area contributed by atoms with Crippen LogP contribution in [0.4, 0.5) is 17.2 Å². The highest BCUT2D eigenvalue weighted by Crippen LogP contribution is 2.31. The summed E-state index contributed by atoms with van der Waals surface area (Å²) in [4.78, 5) is 16.1. The molecule has 2 fully saturated rings. The van der Waals surface area contributed by atoms with Gasteiger partial charge in [-0.05, 0) is 60.1 Å². The van der Waals surface area contributed by atoms with Crippen molar-refractivity contribution in [1.29, 1.82) is 0 Å². The smallest absolute Gasteiger partial charge is 0.161 e. The standard InChI is InChI=1S/C21H26Br2N8/c22-15-11-16(24-3-6-29-4-1-2-5-29)13-17(12-15)30-7-9-31(10-8-30)21-18-19(23)27-28-20(18)25-14-26-21/h11-14,24H,1-10H2,(H,25,26,27,28). The molecule has 164 valence electrons. The minimum Gasteiger partial charge on any atom is -0.384 e. The van der Waals surface area contributed by atoms with Crippen molar-refractivity contribution in [3.05, 3.63) is 33.6 Å². The Balaban J connectivity index is 1.23. The molecule has 1 aromatic carbocycles. The highest BCUT2D eigenvalue weighted by atomic mass is 79.9. The van der Waals surface area contributed by atoms with E-state index in [1.54, 1.807) is 6.33 Å². The lowest BCUT2D eigenvalue weighted by Gasteiger charge is -2.37. The highest BCUT2D eigenvalue weighted by Gasteiger charge is 2.22. The van der Waals surface area contributed by atoms with Crippen LogP contribution in [0.5, 0.6) is 0 Å². The normalized spacial score (nSPS) is 17.6. The van der Waals surface area contributed by atoms with Gasteiger partial charge < -0.3 is 20.0 Å². The predicted molar refractivity (Wildman–Crippen MR) is 132 cm³/mol. The van der Waals surface area contributed by atoms with E-state index in [1.165, 1.54) is 37.3 Å². The molecule has 3 aromatic rings. The molecule has 0 bridgehead atoms. The summed E-state index contributed by atoms with van der Waals surface area (Å²) in [5.74, 6) is 0.934. The first-order valence-corrected chi connectivity index (χ1v) is 12.4. The van der Waals surface area contributed by atoms with Gasteiger partial charge in [0.05, 0.1) is 5.39 Å². The number of anilines is 3. The summed E-state index contributed by atoms with van der Waals surface area (Å²) in [5.41, 5.74) is 3.18. The first kappa shape index (κ1) is 21.0. The number of halogens is 2. The zero-order valence-electron chi connectivity index (χ0n) is 17.3. The number of rotatable bonds is 6. The monoisotopic (exact) mass is 548 g/mol. The number of nitrogens with zero attached hydrogens (tertiary/aromatic N) is 6. The molecule has 31 heavy (non-hydrogen) atoms. The van der Waals surface area contributed by atoms with Gasteiger partial charge >= 0.3 is 0 Å². The van der Waals surface area contributed by atoms with Crippen molar-refractivity contribution in [2.45, 2.75) is 12.8 Å². The van der Waals surface area contributed by atoms with Crippen LogP contribution in [0.15, 0.2) is 33.6 Å². The average Bonchev–Trinajstić information content (AvgIpc) is 3.44. The van der Waals surface area contributed by atoms with E-state index in [4.69, 9.17) is 0 Å². The molecule has 0 saturated carbocycles. The summed E-state index contributed by atoms with van der Waals surface area (Å²) in [6.45, 7) is 8.23. The molecule has 0 unspecified atom stereocenters. The second-order valence-electron chi connectivity index (χ2n) is 8.08. The molecule has 5 rings (SSSR count). The first-order valence-electron chi connectivity index (χ1n) is 10.8. The number of aromatic amines is 1. The van der Waals surface area contributed by atoms with E-state index in [2.05, 4.69) is 90.2 Å². The van der Waals surface area contributed by atoms with Crippen LogP contribution in [0.3, 0.4) is 0 Å². The van der Waals surface area contributed by atoms with Crippen molar-refractivity contribution in [2.75, 3.05) is 67.5 Å². The van der Waals surface area contributed by atoms with Crippen molar-refractivity contribution < 1.29 is 0 Å². The van der Waals surface area contributed by atoms with Gasteiger partial charge in [0.2, 0.25) is 0 Å². The first-order chi connectivity index (χ1) is 15.2. The van der Waals surface area contributed by atoms with Gasteiger partial charge in [0, 0.05) is 55.1 Å². The van der Waals surface area contributed by atoms with Crippen LogP contribution in [0.2, 0.25) is 0 Å². The Morgan fingerprint density at radius 1 is 0.935 bits per heavy atom. The molecule has 10 heteroatoms. The van der Waals surface area contributed by atoms with Crippen LogP contribution in [0.25, 0.3) is 11.0 Å². The fourth-order valence-electron chi connectivity index (χ4n) is 4.45. The largest absolute Gasteiger partial charge is 0.384 e. The zero-order chi connectivity index (χ0) is 21.2. The van der Waals surface area contributed by atoms with Crippen molar-refractivity contribution in [2.24, 2.45) is 0 Å². The summed E-state index contributed by atoms with van der Waals surface area (Å²) in [6, 6.07) is 6.63. The summed E-state index contributed by atoms with van der Waals surface area (Å²) >= 11 is 7.21. The number of nitrogens with one attached hydrogen (secondary N) is 2. The molecule has 0 atom stereocenters. The predicted octanol–water partition coefficient (Wildman–Crippen LogP) is 3.71. The van der Waals surface area contributed by atoms with Crippen LogP contribution in [-0.2, 0) is 0 Å². The Morgan fingerprint density at radius 3 is 2.52 bits per heavy atom. The van der Waals surface area contributed by atoms with E-state index >= 15 is 0 Å². The van der Waals surface area contributed by atoms with Crippen LogP contribution < -0.4 is 15.1 Å². The summed E-state index contributed by atoms with van der Waals surface area (Å²) in [7, 11) is 0. The lowest BCUT2D eigenvalue weighted by Crippen LogP contribution is -2.47. The third-order valence-electron chi connectivity index (χ3n) is 6.08.